The van der Waals surface area contributed by atoms with Crippen LogP contribution in [-0.4, -0.2) is 60.0 Å². The number of para-hydroxylation sites is 1. The minimum absolute atomic E-state index is 0.254. The van der Waals surface area contributed by atoms with E-state index in [9.17, 15) is 4.79 Å². The van der Waals surface area contributed by atoms with E-state index in [-0.39, 0.29) is 12.6 Å². The molecule has 0 spiro atoms. The van der Waals surface area contributed by atoms with E-state index in [1.54, 1.807) is 25.2 Å². The number of fused-ring (bicyclic) bond motifs is 1. The summed E-state index contributed by atoms with van der Waals surface area (Å²) in [6.45, 7) is 2.04. The zero-order valence-electron chi connectivity index (χ0n) is 17.8. The maximum atomic E-state index is 12.6. The van der Waals surface area contributed by atoms with Gasteiger partial charge < -0.3 is 20.4 Å². The third-order valence-electron chi connectivity index (χ3n) is 4.62. The zero-order valence-corrected chi connectivity index (χ0v) is 19.3. The average molecular weight is 461 g/mol. The van der Waals surface area contributed by atoms with Gasteiger partial charge in [0.05, 0.1) is 22.1 Å². The molecule has 0 radical (unpaired) electrons. The molecular formula is C22H26Cl2N6O. The van der Waals surface area contributed by atoms with Crippen molar-refractivity contribution in [2.75, 3.05) is 44.9 Å². The third kappa shape index (κ3) is 6.43. The lowest BCUT2D eigenvalue weighted by atomic mass is 10.2. The van der Waals surface area contributed by atoms with Gasteiger partial charge in [-0.2, -0.15) is 0 Å². The SMILES string of the molecule is CN(C)CCCNc1nc(CN(C)C(=O)Nc2ccc(Cl)c(Cl)c2)nc2ccccc12. The Labute approximate surface area is 192 Å². The molecule has 31 heavy (non-hydrogen) atoms. The molecule has 0 unspecified atom stereocenters. The van der Waals surface area contributed by atoms with Crippen LogP contribution in [0.25, 0.3) is 10.9 Å². The molecule has 1 aromatic heterocycles. The molecule has 0 aliphatic rings. The molecule has 2 aromatic carbocycles. The molecule has 2 N–H and O–H groups in total. The summed E-state index contributed by atoms with van der Waals surface area (Å²) in [5.74, 6) is 1.33. The van der Waals surface area contributed by atoms with E-state index in [4.69, 9.17) is 23.2 Å². The first-order valence-corrected chi connectivity index (χ1v) is 10.7. The molecule has 3 aromatic rings. The second-order valence-corrected chi connectivity index (χ2v) is 8.32. The van der Waals surface area contributed by atoms with Crippen LogP contribution in [0.5, 0.6) is 0 Å². The van der Waals surface area contributed by atoms with Gasteiger partial charge >= 0.3 is 6.03 Å². The predicted molar refractivity (Wildman–Crippen MR) is 128 cm³/mol. The molecule has 0 saturated heterocycles. The van der Waals surface area contributed by atoms with Gasteiger partial charge in [-0.1, -0.05) is 35.3 Å². The van der Waals surface area contributed by atoms with Crippen molar-refractivity contribution in [2.24, 2.45) is 0 Å². The molecule has 0 fully saturated rings. The number of carbonyl (C=O) groups excluding carboxylic acids is 1. The second kappa shape index (κ2) is 10.6. The first kappa shape index (κ1) is 23.1. The van der Waals surface area contributed by atoms with Gasteiger partial charge in [-0.05, 0) is 57.4 Å². The summed E-state index contributed by atoms with van der Waals surface area (Å²) in [5, 5.41) is 7.99. The molecule has 3 rings (SSSR count). The lowest BCUT2D eigenvalue weighted by molar-refractivity contribution is 0.219. The summed E-state index contributed by atoms with van der Waals surface area (Å²) in [4.78, 5) is 25.6. The van der Waals surface area contributed by atoms with Gasteiger partial charge in [0.25, 0.3) is 0 Å². The minimum Gasteiger partial charge on any atom is -0.369 e. The van der Waals surface area contributed by atoms with Crippen LogP contribution < -0.4 is 10.6 Å². The summed E-state index contributed by atoms with van der Waals surface area (Å²) in [6, 6.07) is 12.5. The zero-order chi connectivity index (χ0) is 22.4. The van der Waals surface area contributed by atoms with Crippen LogP contribution in [0.4, 0.5) is 16.3 Å². The summed E-state index contributed by atoms with van der Waals surface area (Å²) >= 11 is 12.0. The fourth-order valence-corrected chi connectivity index (χ4v) is 3.31. The molecule has 9 heteroatoms. The summed E-state index contributed by atoms with van der Waals surface area (Å²) < 4.78 is 0. The van der Waals surface area contributed by atoms with E-state index in [1.165, 1.54) is 4.90 Å². The van der Waals surface area contributed by atoms with E-state index in [2.05, 4.69) is 39.6 Å². The average Bonchev–Trinajstić information content (AvgIpc) is 2.73. The van der Waals surface area contributed by atoms with Gasteiger partial charge in [0.1, 0.15) is 5.82 Å². The molecule has 0 aliphatic heterocycles. The Morgan fingerprint density at radius 1 is 1.03 bits per heavy atom. The van der Waals surface area contributed by atoms with Crippen molar-refractivity contribution in [3.8, 4) is 0 Å². The standard InChI is InChI=1S/C22H26Cl2N6O/c1-29(2)12-6-11-25-21-16-7-4-5-8-19(16)27-20(28-21)14-30(3)22(31)26-15-9-10-17(23)18(24)13-15/h4-5,7-10,13H,6,11-12,14H2,1-3H3,(H,26,31)(H,25,27,28). The first-order chi connectivity index (χ1) is 14.8. The van der Waals surface area contributed by atoms with E-state index in [0.29, 0.717) is 21.6 Å². The van der Waals surface area contributed by atoms with Gasteiger partial charge in [0.2, 0.25) is 0 Å². The third-order valence-corrected chi connectivity index (χ3v) is 5.36. The number of nitrogens with zero attached hydrogens (tertiary/aromatic N) is 4. The van der Waals surface area contributed by atoms with Crippen LogP contribution in [0.2, 0.25) is 10.0 Å². The normalized spacial score (nSPS) is 11.0. The number of anilines is 2. The van der Waals surface area contributed by atoms with E-state index < -0.39 is 0 Å². The Kier molecular flexibility index (Phi) is 7.90. The molecule has 0 bridgehead atoms. The summed E-state index contributed by atoms with van der Waals surface area (Å²) in [7, 11) is 5.80. The fourth-order valence-electron chi connectivity index (χ4n) is 3.01. The maximum Gasteiger partial charge on any atom is 0.321 e. The van der Waals surface area contributed by atoms with Crippen LogP contribution in [0, 0.1) is 0 Å². The molecule has 0 atom stereocenters. The van der Waals surface area contributed by atoms with Crippen molar-refractivity contribution < 1.29 is 4.79 Å². The minimum atomic E-state index is -0.296. The van der Waals surface area contributed by atoms with Crippen LogP contribution >= 0.6 is 23.2 Å². The number of halogens is 2. The van der Waals surface area contributed by atoms with Crippen LogP contribution in [0.1, 0.15) is 12.2 Å². The lowest BCUT2D eigenvalue weighted by Crippen LogP contribution is -2.31. The molecule has 7 nitrogen and oxygen atoms in total. The van der Waals surface area contributed by atoms with Crippen LogP contribution in [-0.2, 0) is 6.54 Å². The predicted octanol–water partition coefficient (Wildman–Crippen LogP) is 4.96. The number of benzene rings is 2. The van der Waals surface area contributed by atoms with Gasteiger partial charge in [-0.25, -0.2) is 14.8 Å². The Morgan fingerprint density at radius 3 is 2.55 bits per heavy atom. The Morgan fingerprint density at radius 2 is 1.81 bits per heavy atom. The molecule has 0 aliphatic carbocycles. The number of hydrogen-bond donors (Lipinski definition) is 2. The highest BCUT2D eigenvalue weighted by Gasteiger charge is 2.14. The molecule has 0 saturated carbocycles. The number of aromatic nitrogens is 2. The Hall–Kier alpha value is -2.61. The van der Waals surface area contributed by atoms with Crippen LogP contribution in [0.3, 0.4) is 0 Å². The number of rotatable bonds is 8. The number of urea groups is 1. The topological polar surface area (TPSA) is 73.4 Å². The Bertz CT molecular complexity index is 1060. The van der Waals surface area contributed by atoms with Crippen molar-refractivity contribution in [2.45, 2.75) is 13.0 Å². The van der Waals surface area contributed by atoms with E-state index in [0.717, 1.165) is 36.2 Å². The number of amides is 2. The van der Waals surface area contributed by atoms with Gasteiger partial charge in [-0.3, -0.25) is 0 Å². The van der Waals surface area contributed by atoms with Gasteiger partial charge in [-0.15, -0.1) is 0 Å². The molecular weight excluding hydrogens is 435 g/mol. The molecule has 164 valence electrons. The maximum absolute atomic E-state index is 12.6. The van der Waals surface area contributed by atoms with Crippen molar-refractivity contribution in [1.82, 2.24) is 19.8 Å². The second-order valence-electron chi connectivity index (χ2n) is 7.50. The summed E-state index contributed by atoms with van der Waals surface area (Å²) in [5.41, 5.74) is 1.40. The number of hydrogen-bond acceptors (Lipinski definition) is 5. The smallest absolute Gasteiger partial charge is 0.321 e. The van der Waals surface area contributed by atoms with Crippen molar-refractivity contribution in [3.05, 3.63) is 58.3 Å². The van der Waals surface area contributed by atoms with Crippen molar-refractivity contribution in [3.63, 3.8) is 0 Å². The highest BCUT2D eigenvalue weighted by Crippen LogP contribution is 2.25. The van der Waals surface area contributed by atoms with Crippen LogP contribution in [0.15, 0.2) is 42.5 Å². The fraction of sp³-hybridized carbons (Fsp3) is 0.318. The highest BCUT2D eigenvalue weighted by molar-refractivity contribution is 6.42. The molecule has 2 amide bonds. The monoisotopic (exact) mass is 460 g/mol. The summed E-state index contributed by atoms with van der Waals surface area (Å²) in [6.07, 6.45) is 0.993. The lowest BCUT2D eigenvalue weighted by Gasteiger charge is -2.18. The number of carbonyl (C=O) groups is 1. The van der Waals surface area contributed by atoms with E-state index in [1.807, 2.05) is 24.3 Å². The molecule has 1 heterocycles. The van der Waals surface area contributed by atoms with Crippen molar-refractivity contribution in [1.29, 1.82) is 0 Å². The van der Waals surface area contributed by atoms with E-state index >= 15 is 0 Å². The Balaban J connectivity index is 1.72. The number of nitrogens with one attached hydrogen (secondary N) is 2. The quantitative estimate of drug-likeness (QED) is 0.464. The highest BCUT2D eigenvalue weighted by atomic mass is 35.5. The van der Waals surface area contributed by atoms with Gasteiger partial charge in [0.15, 0.2) is 5.82 Å². The van der Waals surface area contributed by atoms with Crippen molar-refractivity contribution >= 4 is 51.6 Å². The van der Waals surface area contributed by atoms with Gasteiger partial charge in [0, 0.05) is 24.7 Å². The largest absolute Gasteiger partial charge is 0.369 e. The first-order valence-electron chi connectivity index (χ1n) is 9.95.